The Balaban J connectivity index is 1.76. The average molecular weight is 359 g/mol. The van der Waals surface area contributed by atoms with Crippen LogP contribution in [0.4, 0.5) is 5.69 Å². The number of aryl methyl sites for hydroxylation is 1. The first-order valence-corrected chi connectivity index (χ1v) is 8.77. The van der Waals surface area contributed by atoms with Gasteiger partial charge in [0.15, 0.2) is 11.4 Å². The third-order valence-corrected chi connectivity index (χ3v) is 4.91. The van der Waals surface area contributed by atoms with Crippen molar-refractivity contribution < 1.29 is 14.1 Å². The predicted molar refractivity (Wildman–Crippen MR) is 95.3 cm³/mol. The van der Waals surface area contributed by atoms with E-state index in [1.54, 1.807) is 0 Å². The first-order chi connectivity index (χ1) is 11.9. The molecule has 0 atom stereocenters. The summed E-state index contributed by atoms with van der Waals surface area (Å²) in [6, 6.07) is 6.14. The highest BCUT2D eigenvalue weighted by molar-refractivity contribution is 7.99. The number of oxazole rings is 1. The second-order valence-corrected chi connectivity index (χ2v) is 6.56. The van der Waals surface area contributed by atoms with E-state index in [0.717, 1.165) is 17.9 Å². The van der Waals surface area contributed by atoms with Crippen molar-refractivity contribution in [3.63, 3.8) is 0 Å². The molecule has 0 N–H and O–H groups in total. The van der Waals surface area contributed by atoms with Crippen molar-refractivity contribution in [1.29, 1.82) is 0 Å². The van der Waals surface area contributed by atoms with Gasteiger partial charge in [-0.05, 0) is 32.9 Å². The molecule has 0 aliphatic carbocycles. The lowest BCUT2D eigenvalue weighted by Gasteiger charge is -2.05. The maximum absolute atomic E-state index is 12.5. The van der Waals surface area contributed by atoms with Crippen LogP contribution in [0.1, 0.15) is 28.7 Å². The van der Waals surface area contributed by atoms with Crippen molar-refractivity contribution in [3.05, 3.63) is 51.3 Å². The van der Waals surface area contributed by atoms with E-state index in [9.17, 15) is 14.9 Å². The molecule has 2 aromatic heterocycles. The monoisotopic (exact) mass is 359 g/mol. The number of Topliss-reactive ketones (excluding diaryl/α,β-unsaturated/α-hetero) is 1. The molecule has 25 heavy (non-hydrogen) atoms. The Morgan fingerprint density at radius 2 is 2.12 bits per heavy atom. The van der Waals surface area contributed by atoms with Crippen molar-refractivity contribution >= 4 is 34.3 Å². The molecule has 7 nitrogen and oxygen atoms in total. The molecule has 0 amide bonds. The second-order valence-electron chi connectivity index (χ2n) is 5.63. The molecule has 0 aliphatic heterocycles. The van der Waals surface area contributed by atoms with E-state index in [2.05, 4.69) is 9.55 Å². The number of hydrogen-bond acceptors (Lipinski definition) is 6. The molecule has 2 heterocycles. The molecule has 1 aromatic carbocycles. The molecular weight excluding hydrogens is 342 g/mol. The summed E-state index contributed by atoms with van der Waals surface area (Å²) in [5.41, 5.74) is 3.55. The molecule has 0 bridgehead atoms. The Kier molecular flexibility index (Phi) is 4.63. The number of nitro groups is 1. The van der Waals surface area contributed by atoms with Gasteiger partial charge < -0.3 is 8.98 Å². The number of hydrogen-bond donors (Lipinski definition) is 0. The van der Waals surface area contributed by atoms with Gasteiger partial charge in [-0.15, -0.1) is 0 Å². The van der Waals surface area contributed by atoms with E-state index in [1.807, 2.05) is 26.8 Å². The molecule has 0 unspecified atom stereocenters. The molecule has 3 aromatic rings. The van der Waals surface area contributed by atoms with Crippen molar-refractivity contribution in [2.45, 2.75) is 32.5 Å². The van der Waals surface area contributed by atoms with Crippen LogP contribution in [0.3, 0.4) is 0 Å². The lowest BCUT2D eigenvalue weighted by atomic mass is 10.2. The number of non-ortho nitro benzene ring substituents is 1. The molecule has 0 spiro atoms. The van der Waals surface area contributed by atoms with Gasteiger partial charge in [0.1, 0.15) is 5.52 Å². The number of aromatic nitrogens is 2. The molecule has 0 aliphatic rings. The Morgan fingerprint density at radius 3 is 2.76 bits per heavy atom. The molecule has 130 valence electrons. The minimum atomic E-state index is -0.478. The molecule has 3 rings (SSSR count). The quantitative estimate of drug-likeness (QED) is 0.284. The fourth-order valence-corrected chi connectivity index (χ4v) is 3.57. The largest absolute Gasteiger partial charge is 0.431 e. The third-order valence-electron chi connectivity index (χ3n) is 4.08. The number of nitro benzene ring substituents is 1. The van der Waals surface area contributed by atoms with Crippen LogP contribution in [-0.2, 0) is 6.54 Å². The Labute approximate surface area is 148 Å². The van der Waals surface area contributed by atoms with Crippen molar-refractivity contribution in [2.24, 2.45) is 0 Å². The molecule has 8 heteroatoms. The number of carbonyl (C=O) groups excluding carboxylic acids is 1. The minimum Gasteiger partial charge on any atom is -0.431 e. The fourth-order valence-electron chi connectivity index (χ4n) is 2.85. The van der Waals surface area contributed by atoms with Crippen LogP contribution in [0.15, 0.2) is 33.9 Å². The highest BCUT2D eigenvalue weighted by Gasteiger charge is 2.17. The Hall–Kier alpha value is -2.61. The standard InChI is InChI=1S/C17H17N3O4S/c1-4-19-10(2)7-13(11(19)3)15(21)9-25-17-18-14-8-12(20(22)23)5-6-16(14)24-17/h5-8H,4,9H2,1-3H3. The van der Waals surface area contributed by atoms with Gasteiger partial charge in [0.2, 0.25) is 0 Å². The van der Waals surface area contributed by atoms with Crippen molar-refractivity contribution in [1.82, 2.24) is 9.55 Å². The van der Waals surface area contributed by atoms with Gasteiger partial charge in [-0.1, -0.05) is 11.8 Å². The Bertz CT molecular complexity index is 974. The summed E-state index contributed by atoms with van der Waals surface area (Å²) in [4.78, 5) is 27.0. The van der Waals surface area contributed by atoms with Gasteiger partial charge in [-0.25, -0.2) is 4.98 Å². The molecule has 0 saturated carbocycles. The van der Waals surface area contributed by atoms with Crippen LogP contribution < -0.4 is 0 Å². The second kappa shape index (κ2) is 6.72. The van der Waals surface area contributed by atoms with E-state index in [4.69, 9.17) is 4.42 Å². The zero-order chi connectivity index (χ0) is 18.1. The predicted octanol–water partition coefficient (Wildman–Crippen LogP) is 4.15. The first-order valence-electron chi connectivity index (χ1n) is 7.78. The van der Waals surface area contributed by atoms with Crippen LogP contribution >= 0.6 is 11.8 Å². The van der Waals surface area contributed by atoms with Gasteiger partial charge in [-0.3, -0.25) is 14.9 Å². The number of fused-ring (bicyclic) bond motifs is 1. The maximum Gasteiger partial charge on any atom is 0.271 e. The Morgan fingerprint density at radius 1 is 1.36 bits per heavy atom. The van der Waals surface area contributed by atoms with E-state index in [0.29, 0.717) is 21.9 Å². The van der Waals surface area contributed by atoms with Gasteiger partial charge in [0.25, 0.3) is 10.9 Å². The SMILES string of the molecule is CCn1c(C)cc(C(=O)CSc2nc3cc([N+](=O)[O-])ccc3o2)c1C. The third kappa shape index (κ3) is 3.30. The average Bonchev–Trinajstić information content (AvgIpc) is 3.11. The van der Waals surface area contributed by atoms with E-state index < -0.39 is 4.92 Å². The van der Waals surface area contributed by atoms with Crippen LogP contribution in [0.2, 0.25) is 0 Å². The van der Waals surface area contributed by atoms with Crippen LogP contribution in [-0.4, -0.2) is 26.0 Å². The number of carbonyl (C=O) groups is 1. The van der Waals surface area contributed by atoms with E-state index >= 15 is 0 Å². The fraction of sp³-hybridized carbons (Fsp3) is 0.294. The zero-order valence-corrected chi connectivity index (χ0v) is 14.9. The number of benzene rings is 1. The summed E-state index contributed by atoms with van der Waals surface area (Å²) < 4.78 is 7.63. The maximum atomic E-state index is 12.5. The summed E-state index contributed by atoms with van der Waals surface area (Å²) in [7, 11) is 0. The highest BCUT2D eigenvalue weighted by Crippen LogP contribution is 2.27. The topological polar surface area (TPSA) is 91.2 Å². The summed E-state index contributed by atoms with van der Waals surface area (Å²) in [6.45, 7) is 6.78. The molecule has 0 saturated heterocycles. The smallest absolute Gasteiger partial charge is 0.271 e. The summed E-state index contributed by atoms with van der Waals surface area (Å²) in [5.74, 6) is 0.203. The van der Waals surface area contributed by atoms with E-state index in [1.165, 1.54) is 30.0 Å². The van der Waals surface area contributed by atoms with Crippen molar-refractivity contribution in [2.75, 3.05) is 5.75 Å². The van der Waals surface area contributed by atoms with E-state index in [-0.39, 0.29) is 17.2 Å². The number of thioether (sulfide) groups is 1. The normalized spacial score (nSPS) is 11.2. The molecular formula is C17H17N3O4S. The minimum absolute atomic E-state index is 0.00559. The van der Waals surface area contributed by atoms with Crippen LogP contribution in [0.25, 0.3) is 11.1 Å². The highest BCUT2D eigenvalue weighted by atomic mass is 32.2. The number of rotatable bonds is 6. The lowest BCUT2D eigenvalue weighted by Crippen LogP contribution is -2.05. The first kappa shape index (κ1) is 17.2. The summed E-state index contributed by atoms with van der Waals surface area (Å²) in [6.07, 6.45) is 0. The van der Waals surface area contributed by atoms with Gasteiger partial charge in [0, 0.05) is 35.6 Å². The van der Waals surface area contributed by atoms with Gasteiger partial charge >= 0.3 is 0 Å². The van der Waals surface area contributed by atoms with Crippen LogP contribution in [0.5, 0.6) is 0 Å². The summed E-state index contributed by atoms with van der Waals surface area (Å²) in [5, 5.41) is 11.1. The number of ketones is 1. The summed E-state index contributed by atoms with van der Waals surface area (Å²) >= 11 is 1.19. The zero-order valence-electron chi connectivity index (χ0n) is 14.1. The molecule has 0 fully saturated rings. The van der Waals surface area contributed by atoms with Crippen molar-refractivity contribution in [3.8, 4) is 0 Å². The number of nitrogens with zero attached hydrogens (tertiary/aromatic N) is 3. The molecule has 0 radical (unpaired) electrons. The lowest BCUT2D eigenvalue weighted by molar-refractivity contribution is -0.384. The van der Waals surface area contributed by atoms with Crippen LogP contribution in [0, 0.1) is 24.0 Å². The van der Waals surface area contributed by atoms with Gasteiger partial charge in [0.05, 0.1) is 10.7 Å². The van der Waals surface area contributed by atoms with Gasteiger partial charge in [-0.2, -0.15) is 0 Å².